The molecule has 1 N–H and O–H groups in total. The van der Waals surface area contributed by atoms with E-state index in [2.05, 4.69) is 38.3 Å². The largest absolute Gasteiger partial charge is 0.310 e. The molecule has 4 heteroatoms. The Labute approximate surface area is 128 Å². The van der Waals surface area contributed by atoms with Crippen molar-refractivity contribution in [1.29, 1.82) is 0 Å². The first-order valence-electron chi connectivity index (χ1n) is 7.14. The zero-order chi connectivity index (χ0) is 13.2. The summed E-state index contributed by atoms with van der Waals surface area (Å²) < 4.78 is 1.04. The van der Waals surface area contributed by atoms with E-state index < -0.39 is 0 Å². The molecule has 104 valence electrons. The molecule has 1 aromatic carbocycles. The molecule has 2 fully saturated rings. The Morgan fingerprint density at radius 2 is 1.95 bits per heavy atom. The Morgan fingerprint density at radius 1 is 1.21 bits per heavy atom. The van der Waals surface area contributed by atoms with E-state index in [9.17, 15) is 0 Å². The second kappa shape index (κ2) is 6.13. The van der Waals surface area contributed by atoms with Gasteiger partial charge in [0.1, 0.15) is 0 Å². The van der Waals surface area contributed by atoms with E-state index in [4.69, 9.17) is 11.6 Å². The third-order valence-electron chi connectivity index (χ3n) is 4.19. The van der Waals surface area contributed by atoms with Crippen molar-refractivity contribution >= 4 is 27.5 Å². The second-order valence-electron chi connectivity index (χ2n) is 5.66. The fourth-order valence-corrected chi connectivity index (χ4v) is 3.57. The molecule has 0 radical (unpaired) electrons. The summed E-state index contributed by atoms with van der Waals surface area (Å²) in [6.07, 6.45) is 5.38. The van der Waals surface area contributed by atoms with Gasteiger partial charge in [0.25, 0.3) is 0 Å². The summed E-state index contributed by atoms with van der Waals surface area (Å²) >= 11 is 9.68. The van der Waals surface area contributed by atoms with Crippen LogP contribution in [0.15, 0.2) is 22.7 Å². The van der Waals surface area contributed by atoms with E-state index in [0.717, 1.165) is 22.1 Å². The predicted molar refractivity (Wildman–Crippen MR) is 83.6 cm³/mol. The van der Waals surface area contributed by atoms with E-state index in [1.807, 2.05) is 6.07 Å². The molecule has 0 amide bonds. The Morgan fingerprint density at radius 3 is 2.58 bits per heavy atom. The number of nitrogens with one attached hydrogen (secondary N) is 1. The van der Waals surface area contributed by atoms with Gasteiger partial charge < -0.3 is 10.2 Å². The molecule has 1 aliphatic carbocycles. The molecule has 0 unspecified atom stereocenters. The monoisotopic (exact) mass is 342 g/mol. The van der Waals surface area contributed by atoms with Crippen LogP contribution in [-0.4, -0.2) is 30.1 Å². The number of nitrogens with zero attached hydrogens (tertiary/aromatic N) is 1. The standard InChI is InChI=1S/C15H20BrClN2/c16-12-2-1-11(15(17)9-12)10-18-13-5-7-19(8-6-13)14-3-4-14/h1-2,9,13-14,18H,3-8,10H2. The minimum atomic E-state index is 0.648. The van der Waals surface area contributed by atoms with Crippen molar-refractivity contribution in [3.63, 3.8) is 0 Å². The summed E-state index contributed by atoms with van der Waals surface area (Å²) in [5.41, 5.74) is 1.19. The normalized spacial score (nSPS) is 21.8. The van der Waals surface area contributed by atoms with Crippen molar-refractivity contribution in [3.8, 4) is 0 Å². The summed E-state index contributed by atoms with van der Waals surface area (Å²) in [4.78, 5) is 2.66. The zero-order valence-corrected chi connectivity index (χ0v) is 13.4. The molecule has 0 bridgehead atoms. The van der Waals surface area contributed by atoms with E-state index in [1.165, 1.54) is 44.3 Å². The first kappa shape index (κ1) is 13.9. The summed E-state index contributed by atoms with van der Waals surface area (Å²) in [6, 6.07) is 7.68. The second-order valence-corrected chi connectivity index (χ2v) is 6.98. The Bertz CT molecular complexity index is 440. The average molecular weight is 344 g/mol. The highest BCUT2D eigenvalue weighted by molar-refractivity contribution is 9.10. The molecule has 0 aromatic heterocycles. The average Bonchev–Trinajstić information content (AvgIpc) is 3.23. The molecule has 0 atom stereocenters. The molecule has 2 aliphatic rings. The van der Waals surface area contributed by atoms with Gasteiger partial charge in [0, 0.05) is 28.1 Å². The van der Waals surface area contributed by atoms with Crippen LogP contribution in [0.1, 0.15) is 31.2 Å². The van der Waals surface area contributed by atoms with Crippen molar-refractivity contribution in [3.05, 3.63) is 33.3 Å². The third kappa shape index (κ3) is 3.72. The molecule has 1 aromatic rings. The fourth-order valence-electron chi connectivity index (χ4n) is 2.83. The van der Waals surface area contributed by atoms with Crippen LogP contribution >= 0.6 is 27.5 Å². The van der Waals surface area contributed by atoms with Crippen molar-refractivity contribution in [2.45, 2.75) is 44.3 Å². The van der Waals surface area contributed by atoms with Crippen molar-refractivity contribution in [2.75, 3.05) is 13.1 Å². The fraction of sp³-hybridized carbons (Fsp3) is 0.600. The van der Waals surface area contributed by atoms with Gasteiger partial charge in [0.15, 0.2) is 0 Å². The number of benzene rings is 1. The molecule has 2 nitrogen and oxygen atoms in total. The van der Waals surface area contributed by atoms with Crippen LogP contribution in [0.5, 0.6) is 0 Å². The summed E-state index contributed by atoms with van der Waals surface area (Å²) in [5.74, 6) is 0. The van der Waals surface area contributed by atoms with Gasteiger partial charge in [-0.2, -0.15) is 0 Å². The summed E-state index contributed by atoms with van der Waals surface area (Å²) in [7, 11) is 0. The van der Waals surface area contributed by atoms with Gasteiger partial charge in [-0.15, -0.1) is 0 Å². The zero-order valence-electron chi connectivity index (χ0n) is 11.0. The van der Waals surface area contributed by atoms with Gasteiger partial charge in [0.05, 0.1) is 0 Å². The summed E-state index contributed by atoms with van der Waals surface area (Å²) in [5, 5.41) is 4.50. The van der Waals surface area contributed by atoms with Crippen molar-refractivity contribution in [2.24, 2.45) is 0 Å². The molecular formula is C15H20BrClN2. The number of halogens is 2. The highest BCUT2D eigenvalue weighted by Gasteiger charge is 2.31. The molecular weight excluding hydrogens is 324 g/mol. The molecule has 1 saturated heterocycles. The SMILES string of the molecule is Clc1cc(Br)ccc1CNC1CCN(C2CC2)CC1. The highest BCUT2D eigenvalue weighted by atomic mass is 79.9. The molecule has 19 heavy (non-hydrogen) atoms. The van der Waals surface area contributed by atoms with Crippen LogP contribution in [-0.2, 0) is 6.54 Å². The Kier molecular flexibility index (Phi) is 4.47. The molecule has 1 heterocycles. The van der Waals surface area contributed by atoms with Gasteiger partial charge in [0.2, 0.25) is 0 Å². The number of hydrogen-bond donors (Lipinski definition) is 1. The molecule has 1 aliphatic heterocycles. The van der Waals surface area contributed by atoms with Crippen LogP contribution in [0.25, 0.3) is 0 Å². The van der Waals surface area contributed by atoms with Crippen LogP contribution in [0, 0.1) is 0 Å². The molecule has 0 spiro atoms. The first-order valence-corrected chi connectivity index (χ1v) is 8.31. The maximum Gasteiger partial charge on any atom is 0.0462 e. The van der Waals surface area contributed by atoms with Gasteiger partial charge in [-0.25, -0.2) is 0 Å². The quantitative estimate of drug-likeness (QED) is 0.894. The maximum absolute atomic E-state index is 6.24. The van der Waals surface area contributed by atoms with Gasteiger partial charge >= 0.3 is 0 Å². The van der Waals surface area contributed by atoms with Crippen molar-refractivity contribution in [1.82, 2.24) is 10.2 Å². The lowest BCUT2D eigenvalue weighted by molar-refractivity contribution is 0.189. The minimum Gasteiger partial charge on any atom is -0.310 e. The number of piperidine rings is 1. The minimum absolute atomic E-state index is 0.648. The van der Waals surface area contributed by atoms with E-state index in [1.54, 1.807) is 0 Å². The van der Waals surface area contributed by atoms with E-state index >= 15 is 0 Å². The molecule has 1 saturated carbocycles. The summed E-state index contributed by atoms with van der Waals surface area (Å²) in [6.45, 7) is 3.40. The third-order valence-corrected chi connectivity index (χ3v) is 5.03. The smallest absolute Gasteiger partial charge is 0.0462 e. The lowest BCUT2D eigenvalue weighted by Gasteiger charge is -2.32. The Balaban J connectivity index is 1.47. The van der Waals surface area contributed by atoms with Gasteiger partial charge in [-0.1, -0.05) is 33.6 Å². The lowest BCUT2D eigenvalue weighted by Crippen LogP contribution is -2.43. The van der Waals surface area contributed by atoms with Crippen LogP contribution in [0.2, 0.25) is 5.02 Å². The topological polar surface area (TPSA) is 15.3 Å². The first-order chi connectivity index (χ1) is 9.22. The van der Waals surface area contributed by atoms with Crippen LogP contribution < -0.4 is 5.32 Å². The number of hydrogen-bond acceptors (Lipinski definition) is 2. The van der Waals surface area contributed by atoms with Gasteiger partial charge in [-0.05, 0) is 56.5 Å². The van der Waals surface area contributed by atoms with Crippen LogP contribution in [0.4, 0.5) is 0 Å². The number of likely N-dealkylation sites (tertiary alicyclic amines) is 1. The molecule has 3 rings (SSSR count). The van der Waals surface area contributed by atoms with Gasteiger partial charge in [-0.3, -0.25) is 0 Å². The Hall–Kier alpha value is -0.0900. The van der Waals surface area contributed by atoms with Crippen molar-refractivity contribution < 1.29 is 0 Å². The lowest BCUT2D eigenvalue weighted by atomic mass is 10.0. The van der Waals surface area contributed by atoms with E-state index in [-0.39, 0.29) is 0 Å². The number of rotatable bonds is 4. The highest BCUT2D eigenvalue weighted by Crippen LogP contribution is 2.29. The predicted octanol–water partition coefficient (Wildman–Crippen LogP) is 3.82. The van der Waals surface area contributed by atoms with E-state index in [0.29, 0.717) is 6.04 Å². The maximum atomic E-state index is 6.24. The van der Waals surface area contributed by atoms with Crippen LogP contribution in [0.3, 0.4) is 0 Å².